The summed E-state index contributed by atoms with van der Waals surface area (Å²) in [4.78, 5) is 10.0. The summed E-state index contributed by atoms with van der Waals surface area (Å²) >= 11 is 0. The number of para-hydroxylation sites is 3. The molecule has 25 heavy (non-hydrogen) atoms. The Kier molecular flexibility index (Phi) is 3.95. The first-order chi connectivity index (χ1) is 12.2. The van der Waals surface area contributed by atoms with E-state index in [4.69, 9.17) is 9.97 Å². The molecule has 0 N–H and O–H groups in total. The molecule has 0 aliphatic rings. The van der Waals surface area contributed by atoms with Crippen molar-refractivity contribution >= 4 is 27.6 Å². The number of hydrogen-bond donors (Lipinski definition) is 0. The van der Waals surface area contributed by atoms with Gasteiger partial charge in [-0.05, 0) is 29.7 Å². The van der Waals surface area contributed by atoms with Crippen LogP contribution in [0.2, 0.25) is 0 Å². The molecule has 2 aromatic carbocycles. The molecule has 0 spiro atoms. The molecule has 0 amide bonds. The molecule has 0 unspecified atom stereocenters. The van der Waals surface area contributed by atoms with Crippen molar-refractivity contribution in [1.82, 2.24) is 14.4 Å². The van der Waals surface area contributed by atoms with Crippen LogP contribution < -0.4 is 0 Å². The summed E-state index contributed by atoms with van der Waals surface area (Å²) in [6.07, 6.45) is 4.49. The molecule has 3 nitrogen and oxygen atoms in total. The van der Waals surface area contributed by atoms with Gasteiger partial charge in [0, 0.05) is 11.8 Å². The predicted octanol–water partition coefficient (Wildman–Crippen LogP) is 5.79. The molecular weight excluding hydrogens is 306 g/mol. The Hall–Kier alpha value is -2.42. The van der Waals surface area contributed by atoms with E-state index in [0.29, 0.717) is 5.41 Å². The zero-order valence-electron chi connectivity index (χ0n) is 15.3. The van der Waals surface area contributed by atoms with Gasteiger partial charge in [-0.25, -0.2) is 9.97 Å². The van der Waals surface area contributed by atoms with Gasteiger partial charge in [-0.3, -0.25) is 4.40 Å². The Labute approximate surface area is 148 Å². The highest BCUT2D eigenvalue weighted by atomic mass is 15.1. The SMILES string of the molecule is CCC(CC)(CC)Cc1nc2ccccc2c2nc3ccccc3n12. The van der Waals surface area contributed by atoms with Crippen molar-refractivity contribution in [3.05, 3.63) is 54.4 Å². The number of nitrogens with zero attached hydrogens (tertiary/aromatic N) is 3. The fraction of sp³-hybridized carbons (Fsp3) is 0.364. The lowest BCUT2D eigenvalue weighted by Crippen LogP contribution is -2.23. The molecule has 4 aromatic rings. The maximum absolute atomic E-state index is 5.08. The lowest BCUT2D eigenvalue weighted by atomic mass is 9.76. The zero-order valence-corrected chi connectivity index (χ0v) is 15.3. The first-order valence-electron chi connectivity index (χ1n) is 9.36. The summed E-state index contributed by atoms with van der Waals surface area (Å²) in [5.74, 6) is 1.13. The van der Waals surface area contributed by atoms with E-state index in [2.05, 4.69) is 73.7 Å². The van der Waals surface area contributed by atoms with Crippen LogP contribution in [0.3, 0.4) is 0 Å². The van der Waals surface area contributed by atoms with Crippen LogP contribution in [-0.4, -0.2) is 14.4 Å². The number of benzene rings is 2. The van der Waals surface area contributed by atoms with Crippen LogP contribution in [0.15, 0.2) is 48.5 Å². The fourth-order valence-electron chi connectivity index (χ4n) is 4.00. The molecule has 0 fully saturated rings. The Morgan fingerprint density at radius 3 is 2.16 bits per heavy atom. The summed E-state index contributed by atoms with van der Waals surface area (Å²) in [6, 6.07) is 16.7. The highest BCUT2D eigenvalue weighted by Gasteiger charge is 2.27. The second-order valence-corrected chi connectivity index (χ2v) is 7.04. The van der Waals surface area contributed by atoms with Crippen molar-refractivity contribution in [2.45, 2.75) is 46.5 Å². The second-order valence-electron chi connectivity index (χ2n) is 7.04. The van der Waals surface area contributed by atoms with Crippen molar-refractivity contribution in [3.8, 4) is 0 Å². The first-order valence-corrected chi connectivity index (χ1v) is 9.36. The third-order valence-electron chi connectivity index (χ3n) is 6.00. The lowest BCUT2D eigenvalue weighted by Gasteiger charge is -2.30. The molecule has 0 atom stereocenters. The monoisotopic (exact) mass is 331 g/mol. The smallest absolute Gasteiger partial charge is 0.148 e. The highest BCUT2D eigenvalue weighted by molar-refractivity contribution is 5.96. The minimum absolute atomic E-state index is 0.299. The van der Waals surface area contributed by atoms with E-state index >= 15 is 0 Å². The predicted molar refractivity (Wildman–Crippen MR) is 105 cm³/mol. The van der Waals surface area contributed by atoms with Gasteiger partial charge in [-0.2, -0.15) is 0 Å². The Balaban J connectivity index is 2.07. The van der Waals surface area contributed by atoms with Gasteiger partial charge >= 0.3 is 0 Å². The quantitative estimate of drug-likeness (QED) is 0.463. The highest BCUT2D eigenvalue weighted by Crippen LogP contribution is 2.35. The van der Waals surface area contributed by atoms with Gasteiger partial charge in [-0.1, -0.05) is 64.3 Å². The van der Waals surface area contributed by atoms with Crippen LogP contribution in [0.5, 0.6) is 0 Å². The minimum atomic E-state index is 0.299. The molecule has 0 saturated carbocycles. The number of rotatable bonds is 5. The largest absolute Gasteiger partial charge is 0.280 e. The molecule has 128 valence electrons. The van der Waals surface area contributed by atoms with E-state index in [-0.39, 0.29) is 0 Å². The Morgan fingerprint density at radius 2 is 1.44 bits per heavy atom. The van der Waals surface area contributed by atoms with E-state index in [9.17, 15) is 0 Å². The van der Waals surface area contributed by atoms with E-state index in [1.54, 1.807) is 0 Å². The molecule has 4 rings (SSSR count). The number of aromatic nitrogens is 3. The molecular formula is C22H25N3. The topological polar surface area (TPSA) is 30.2 Å². The number of imidazole rings is 1. The molecule has 0 bridgehead atoms. The van der Waals surface area contributed by atoms with Gasteiger partial charge in [0.25, 0.3) is 0 Å². The van der Waals surface area contributed by atoms with Gasteiger partial charge in [0.1, 0.15) is 11.5 Å². The molecule has 3 heteroatoms. The molecule has 0 saturated heterocycles. The third-order valence-corrected chi connectivity index (χ3v) is 6.00. The van der Waals surface area contributed by atoms with Crippen LogP contribution >= 0.6 is 0 Å². The van der Waals surface area contributed by atoms with Crippen LogP contribution in [-0.2, 0) is 6.42 Å². The molecule has 2 aromatic heterocycles. The average Bonchev–Trinajstić information content (AvgIpc) is 3.06. The Morgan fingerprint density at radius 1 is 0.800 bits per heavy atom. The van der Waals surface area contributed by atoms with Gasteiger partial charge in [0.15, 0.2) is 0 Å². The van der Waals surface area contributed by atoms with E-state index in [0.717, 1.165) is 39.8 Å². The van der Waals surface area contributed by atoms with E-state index < -0.39 is 0 Å². The number of hydrogen-bond acceptors (Lipinski definition) is 2. The molecule has 0 radical (unpaired) electrons. The summed E-state index contributed by atoms with van der Waals surface area (Å²) in [5, 5.41) is 1.12. The third kappa shape index (κ3) is 2.50. The van der Waals surface area contributed by atoms with Crippen LogP contribution in [0.4, 0.5) is 0 Å². The molecule has 2 heterocycles. The summed E-state index contributed by atoms with van der Waals surface area (Å²) in [5.41, 5.74) is 4.56. The lowest BCUT2D eigenvalue weighted by molar-refractivity contribution is 0.243. The zero-order chi connectivity index (χ0) is 17.4. The minimum Gasteiger partial charge on any atom is -0.280 e. The Bertz CT molecular complexity index is 1030. The summed E-state index contributed by atoms with van der Waals surface area (Å²) in [7, 11) is 0. The fourth-order valence-corrected chi connectivity index (χ4v) is 4.00. The second kappa shape index (κ2) is 6.14. The van der Waals surface area contributed by atoms with Gasteiger partial charge in [-0.15, -0.1) is 0 Å². The van der Waals surface area contributed by atoms with Crippen LogP contribution in [0.1, 0.15) is 45.9 Å². The summed E-state index contributed by atoms with van der Waals surface area (Å²) < 4.78 is 2.29. The van der Waals surface area contributed by atoms with Gasteiger partial charge in [0.2, 0.25) is 0 Å². The standard InChI is InChI=1S/C22H25N3/c1-4-22(5-2,6-3)15-20-23-17-12-8-7-11-16(17)21-24-18-13-9-10-14-19(18)25(20)21/h7-14H,4-6,15H2,1-3H3. The van der Waals surface area contributed by atoms with E-state index in [1.807, 2.05) is 0 Å². The van der Waals surface area contributed by atoms with Crippen LogP contribution in [0, 0.1) is 5.41 Å². The maximum atomic E-state index is 5.08. The normalized spacial score (nSPS) is 12.4. The van der Waals surface area contributed by atoms with Crippen molar-refractivity contribution in [2.75, 3.05) is 0 Å². The molecule has 0 aliphatic carbocycles. The average molecular weight is 331 g/mol. The van der Waals surface area contributed by atoms with Gasteiger partial charge < -0.3 is 0 Å². The molecule has 0 aliphatic heterocycles. The van der Waals surface area contributed by atoms with Crippen LogP contribution in [0.25, 0.3) is 27.6 Å². The van der Waals surface area contributed by atoms with Crippen molar-refractivity contribution in [1.29, 1.82) is 0 Å². The number of fused-ring (bicyclic) bond motifs is 5. The first kappa shape index (κ1) is 16.1. The van der Waals surface area contributed by atoms with Crippen molar-refractivity contribution in [2.24, 2.45) is 5.41 Å². The summed E-state index contributed by atoms with van der Waals surface area (Å²) in [6.45, 7) is 6.91. The maximum Gasteiger partial charge on any atom is 0.148 e. The van der Waals surface area contributed by atoms with Crippen molar-refractivity contribution in [3.63, 3.8) is 0 Å². The van der Waals surface area contributed by atoms with Crippen molar-refractivity contribution < 1.29 is 0 Å². The van der Waals surface area contributed by atoms with E-state index in [1.165, 1.54) is 19.3 Å². The van der Waals surface area contributed by atoms with Gasteiger partial charge in [0.05, 0.1) is 16.6 Å².